The minimum Gasteiger partial charge on any atom is -0.493 e. The largest absolute Gasteiger partial charge is 0.493 e. The molecule has 0 aromatic heterocycles. The van der Waals surface area contributed by atoms with Gasteiger partial charge in [0.2, 0.25) is 0 Å². The first-order valence-corrected chi connectivity index (χ1v) is 6.73. The third-order valence-corrected chi connectivity index (χ3v) is 3.71. The Morgan fingerprint density at radius 1 is 1.35 bits per heavy atom. The molecule has 94 valence electrons. The average Bonchev–Trinajstić information content (AvgIpc) is 2.89. The Morgan fingerprint density at radius 3 is 2.71 bits per heavy atom. The van der Waals surface area contributed by atoms with E-state index < -0.39 is 0 Å². The molecule has 0 saturated carbocycles. The van der Waals surface area contributed by atoms with Crippen LogP contribution in [-0.2, 0) is 0 Å². The van der Waals surface area contributed by atoms with E-state index in [2.05, 4.69) is 43.4 Å². The predicted octanol–water partition coefficient (Wildman–Crippen LogP) is 3.19. The van der Waals surface area contributed by atoms with Crippen LogP contribution in [0.5, 0.6) is 5.75 Å². The van der Waals surface area contributed by atoms with Gasteiger partial charge in [-0.2, -0.15) is 0 Å². The summed E-state index contributed by atoms with van der Waals surface area (Å²) < 4.78 is 5.82. The van der Waals surface area contributed by atoms with E-state index in [1.807, 2.05) is 0 Å². The highest BCUT2D eigenvalue weighted by atomic mass is 16.5. The molecule has 2 atom stereocenters. The first-order valence-electron chi connectivity index (χ1n) is 6.73. The van der Waals surface area contributed by atoms with E-state index in [9.17, 15) is 0 Å². The summed E-state index contributed by atoms with van der Waals surface area (Å²) in [6.07, 6.45) is 2.43. The van der Waals surface area contributed by atoms with Gasteiger partial charge >= 0.3 is 0 Å². The van der Waals surface area contributed by atoms with Gasteiger partial charge in [0, 0.05) is 12.5 Å². The van der Waals surface area contributed by atoms with Crippen molar-refractivity contribution in [2.45, 2.75) is 32.6 Å². The van der Waals surface area contributed by atoms with Crippen molar-refractivity contribution in [2.75, 3.05) is 19.7 Å². The summed E-state index contributed by atoms with van der Waals surface area (Å²) in [7, 11) is 0. The normalized spacial score (nSPS) is 21.4. The van der Waals surface area contributed by atoms with Crippen molar-refractivity contribution < 1.29 is 4.74 Å². The molecule has 1 fully saturated rings. The van der Waals surface area contributed by atoms with Crippen LogP contribution in [0.15, 0.2) is 24.3 Å². The summed E-state index contributed by atoms with van der Waals surface area (Å²) in [5.41, 5.74) is 1.40. The van der Waals surface area contributed by atoms with Crippen LogP contribution in [0.4, 0.5) is 0 Å². The Balaban J connectivity index is 1.84. The molecule has 17 heavy (non-hydrogen) atoms. The van der Waals surface area contributed by atoms with Gasteiger partial charge in [0.15, 0.2) is 0 Å². The first kappa shape index (κ1) is 12.4. The molecule has 1 N–H and O–H groups in total. The highest BCUT2D eigenvalue weighted by Crippen LogP contribution is 2.22. The molecule has 2 nitrogen and oxygen atoms in total. The summed E-state index contributed by atoms with van der Waals surface area (Å²) >= 11 is 0. The second kappa shape index (κ2) is 6.06. The fourth-order valence-corrected chi connectivity index (χ4v) is 2.20. The van der Waals surface area contributed by atoms with Crippen molar-refractivity contribution in [3.05, 3.63) is 29.8 Å². The van der Waals surface area contributed by atoms with Gasteiger partial charge in [-0.15, -0.1) is 0 Å². The van der Waals surface area contributed by atoms with E-state index in [-0.39, 0.29) is 0 Å². The van der Waals surface area contributed by atoms with Gasteiger partial charge in [-0.05, 0) is 43.0 Å². The van der Waals surface area contributed by atoms with Crippen molar-refractivity contribution in [2.24, 2.45) is 5.92 Å². The Hall–Kier alpha value is -1.02. The van der Waals surface area contributed by atoms with Crippen LogP contribution >= 0.6 is 0 Å². The van der Waals surface area contributed by atoms with Crippen LogP contribution in [0.25, 0.3) is 0 Å². The summed E-state index contributed by atoms with van der Waals surface area (Å²) in [6, 6.07) is 8.58. The molecule has 0 bridgehead atoms. The SMILES string of the molecule is CC[C@@H](C)c1ccc(OC[C@H]2CCNC2)cc1. The zero-order valence-corrected chi connectivity index (χ0v) is 10.9. The van der Waals surface area contributed by atoms with E-state index in [0.717, 1.165) is 25.4 Å². The van der Waals surface area contributed by atoms with Crippen LogP contribution in [0, 0.1) is 5.92 Å². The highest BCUT2D eigenvalue weighted by molar-refractivity contribution is 5.29. The van der Waals surface area contributed by atoms with Crippen molar-refractivity contribution >= 4 is 0 Å². The van der Waals surface area contributed by atoms with Gasteiger partial charge in [-0.1, -0.05) is 26.0 Å². The maximum absolute atomic E-state index is 5.82. The molecule has 0 radical (unpaired) electrons. The number of hydrogen-bond donors (Lipinski definition) is 1. The van der Waals surface area contributed by atoms with Crippen molar-refractivity contribution in [1.82, 2.24) is 5.32 Å². The molecule has 1 aromatic rings. The first-order chi connectivity index (χ1) is 8.29. The van der Waals surface area contributed by atoms with Crippen molar-refractivity contribution in [3.63, 3.8) is 0 Å². The maximum atomic E-state index is 5.82. The van der Waals surface area contributed by atoms with Gasteiger partial charge in [-0.3, -0.25) is 0 Å². The molecule has 1 heterocycles. The summed E-state index contributed by atoms with van der Waals surface area (Å²) in [5.74, 6) is 2.33. The number of nitrogens with one attached hydrogen (secondary N) is 1. The van der Waals surface area contributed by atoms with E-state index in [1.54, 1.807) is 0 Å². The number of hydrogen-bond acceptors (Lipinski definition) is 2. The average molecular weight is 233 g/mol. The fourth-order valence-electron chi connectivity index (χ4n) is 2.20. The summed E-state index contributed by atoms with van der Waals surface area (Å²) in [4.78, 5) is 0. The van der Waals surface area contributed by atoms with Crippen LogP contribution < -0.4 is 10.1 Å². The standard InChI is InChI=1S/C15H23NO/c1-3-12(2)14-4-6-15(7-5-14)17-11-13-8-9-16-10-13/h4-7,12-13,16H,3,8-11H2,1-2H3/t12-,13+/m1/s1. The van der Waals surface area contributed by atoms with E-state index in [1.165, 1.54) is 18.4 Å². The second-order valence-electron chi connectivity index (χ2n) is 5.05. The molecule has 1 aliphatic rings. The highest BCUT2D eigenvalue weighted by Gasteiger charge is 2.14. The zero-order valence-electron chi connectivity index (χ0n) is 10.9. The molecule has 1 aliphatic heterocycles. The molecule has 0 aliphatic carbocycles. The number of ether oxygens (including phenoxy) is 1. The quantitative estimate of drug-likeness (QED) is 0.843. The molecule has 0 amide bonds. The lowest BCUT2D eigenvalue weighted by molar-refractivity contribution is 0.260. The Bertz CT molecular complexity index is 327. The van der Waals surface area contributed by atoms with Crippen LogP contribution in [0.1, 0.15) is 38.2 Å². The van der Waals surface area contributed by atoms with Gasteiger partial charge in [0.05, 0.1) is 6.61 Å². The van der Waals surface area contributed by atoms with Crippen molar-refractivity contribution in [1.29, 1.82) is 0 Å². The Kier molecular flexibility index (Phi) is 4.43. The minimum absolute atomic E-state index is 0.642. The Morgan fingerprint density at radius 2 is 2.12 bits per heavy atom. The lowest BCUT2D eigenvalue weighted by Crippen LogP contribution is -2.15. The molecule has 2 heteroatoms. The van der Waals surface area contributed by atoms with Gasteiger partial charge in [-0.25, -0.2) is 0 Å². The molecule has 0 spiro atoms. The molecular formula is C15H23NO. The van der Waals surface area contributed by atoms with Crippen molar-refractivity contribution in [3.8, 4) is 5.75 Å². The lowest BCUT2D eigenvalue weighted by Gasteiger charge is -2.13. The van der Waals surface area contributed by atoms with Crippen LogP contribution in [0.2, 0.25) is 0 Å². The zero-order chi connectivity index (χ0) is 12.1. The smallest absolute Gasteiger partial charge is 0.119 e. The third-order valence-electron chi connectivity index (χ3n) is 3.71. The molecule has 2 rings (SSSR count). The van der Waals surface area contributed by atoms with Crippen LogP contribution in [0.3, 0.4) is 0 Å². The Labute approximate surface area is 104 Å². The van der Waals surface area contributed by atoms with E-state index in [4.69, 9.17) is 4.74 Å². The topological polar surface area (TPSA) is 21.3 Å². The molecule has 1 aromatic carbocycles. The minimum atomic E-state index is 0.642. The monoisotopic (exact) mass is 233 g/mol. The predicted molar refractivity (Wildman–Crippen MR) is 71.6 cm³/mol. The summed E-state index contributed by atoms with van der Waals surface area (Å²) in [5, 5.41) is 3.36. The third kappa shape index (κ3) is 3.47. The van der Waals surface area contributed by atoms with Crippen LogP contribution in [-0.4, -0.2) is 19.7 Å². The van der Waals surface area contributed by atoms with Gasteiger partial charge in [0.25, 0.3) is 0 Å². The van der Waals surface area contributed by atoms with Gasteiger partial charge < -0.3 is 10.1 Å². The van der Waals surface area contributed by atoms with E-state index in [0.29, 0.717) is 11.8 Å². The van der Waals surface area contributed by atoms with Gasteiger partial charge in [0.1, 0.15) is 5.75 Å². The van der Waals surface area contributed by atoms with E-state index >= 15 is 0 Å². The lowest BCUT2D eigenvalue weighted by atomic mass is 9.99. The fraction of sp³-hybridized carbons (Fsp3) is 0.600. The number of benzene rings is 1. The summed E-state index contributed by atoms with van der Waals surface area (Å²) in [6.45, 7) is 7.57. The second-order valence-corrected chi connectivity index (χ2v) is 5.05. The molecule has 1 saturated heterocycles. The number of rotatable bonds is 5. The molecule has 0 unspecified atom stereocenters. The maximum Gasteiger partial charge on any atom is 0.119 e. The molecular weight excluding hydrogens is 210 g/mol.